The highest BCUT2D eigenvalue weighted by molar-refractivity contribution is 7.99. The highest BCUT2D eigenvalue weighted by Gasteiger charge is 2.15. The van der Waals surface area contributed by atoms with Gasteiger partial charge < -0.3 is 14.6 Å². The summed E-state index contributed by atoms with van der Waals surface area (Å²) in [5, 5.41) is 12.7. The molecule has 0 aliphatic heterocycles. The lowest BCUT2D eigenvalue weighted by molar-refractivity contribution is -0.113. The Morgan fingerprint density at radius 1 is 1.10 bits per heavy atom. The van der Waals surface area contributed by atoms with Gasteiger partial charge in [-0.05, 0) is 38.1 Å². The first-order valence-corrected chi connectivity index (χ1v) is 11.2. The zero-order valence-corrected chi connectivity index (χ0v) is 19.4. The zero-order chi connectivity index (χ0) is 21.7. The number of thioether (sulfide) groups is 1. The Balaban J connectivity index is 1.59. The van der Waals surface area contributed by atoms with Gasteiger partial charge in [0.2, 0.25) is 5.91 Å². The topological polar surface area (TPSA) is 69.0 Å². The minimum absolute atomic E-state index is 0.132. The summed E-state index contributed by atoms with van der Waals surface area (Å²) in [4.78, 5) is 12.3. The number of nitrogens with one attached hydrogen (secondary N) is 1. The maximum Gasteiger partial charge on any atom is 0.234 e. The Bertz CT molecular complexity index is 1040. The predicted molar refractivity (Wildman–Crippen MR) is 122 cm³/mol. The van der Waals surface area contributed by atoms with Gasteiger partial charge in [-0.15, -0.1) is 10.2 Å². The number of aromatic nitrogens is 3. The maximum atomic E-state index is 12.3. The SMILES string of the molecule is CCn1c(COc2ccc(C)cc2)nnc1SCC(=O)Nc1cc(Cl)c(Cl)cc1Cl. The second-order valence-corrected chi connectivity index (χ2v) is 8.49. The largest absolute Gasteiger partial charge is 0.486 e. The van der Waals surface area contributed by atoms with Crippen LogP contribution in [-0.4, -0.2) is 26.4 Å². The van der Waals surface area contributed by atoms with Crippen LogP contribution in [0.5, 0.6) is 5.75 Å². The number of aryl methyl sites for hydroxylation is 1. The molecular formula is C20H19Cl3N4O2S. The Hall–Kier alpha value is -1.93. The van der Waals surface area contributed by atoms with Gasteiger partial charge in [-0.2, -0.15) is 0 Å². The van der Waals surface area contributed by atoms with Crippen molar-refractivity contribution in [2.75, 3.05) is 11.1 Å². The summed E-state index contributed by atoms with van der Waals surface area (Å²) in [7, 11) is 0. The third kappa shape index (κ3) is 5.82. The molecule has 0 saturated carbocycles. The second-order valence-electron chi connectivity index (χ2n) is 6.33. The van der Waals surface area contributed by atoms with Crippen molar-refractivity contribution in [2.24, 2.45) is 0 Å². The number of hydrogen-bond acceptors (Lipinski definition) is 5. The molecule has 1 amide bonds. The average molecular weight is 486 g/mol. The summed E-state index contributed by atoms with van der Waals surface area (Å²) < 4.78 is 7.71. The zero-order valence-electron chi connectivity index (χ0n) is 16.3. The molecule has 0 saturated heterocycles. The van der Waals surface area contributed by atoms with Crippen LogP contribution in [0.1, 0.15) is 18.3 Å². The lowest BCUT2D eigenvalue weighted by Gasteiger charge is -2.10. The highest BCUT2D eigenvalue weighted by atomic mass is 35.5. The van der Waals surface area contributed by atoms with Crippen LogP contribution in [0.15, 0.2) is 41.6 Å². The predicted octanol–water partition coefficient (Wildman–Crippen LogP) is 5.88. The van der Waals surface area contributed by atoms with Crippen molar-refractivity contribution in [3.05, 3.63) is 62.9 Å². The molecule has 2 aromatic carbocycles. The molecule has 0 radical (unpaired) electrons. The van der Waals surface area contributed by atoms with Crippen LogP contribution in [0.25, 0.3) is 0 Å². The van der Waals surface area contributed by atoms with Crippen molar-refractivity contribution in [1.82, 2.24) is 14.8 Å². The van der Waals surface area contributed by atoms with Crippen molar-refractivity contribution < 1.29 is 9.53 Å². The number of ether oxygens (including phenoxy) is 1. The van der Waals surface area contributed by atoms with Crippen LogP contribution in [-0.2, 0) is 17.9 Å². The minimum Gasteiger partial charge on any atom is -0.486 e. The van der Waals surface area contributed by atoms with Gasteiger partial charge in [0.25, 0.3) is 0 Å². The average Bonchev–Trinajstić information content (AvgIpc) is 3.12. The van der Waals surface area contributed by atoms with E-state index in [1.54, 1.807) is 0 Å². The van der Waals surface area contributed by atoms with Gasteiger partial charge in [0.1, 0.15) is 12.4 Å². The standard InChI is InChI=1S/C20H19Cl3N4O2S/c1-3-27-18(10-29-13-6-4-12(2)5-7-13)25-26-20(27)30-11-19(28)24-17-9-15(22)14(21)8-16(17)23/h4-9H,3,10-11H2,1-2H3,(H,24,28). The van der Waals surface area contributed by atoms with Crippen LogP contribution < -0.4 is 10.1 Å². The Labute approximate surface area is 193 Å². The van der Waals surface area contributed by atoms with E-state index in [1.807, 2.05) is 42.7 Å². The van der Waals surface area contributed by atoms with Crippen molar-refractivity contribution in [3.63, 3.8) is 0 Å². The number of carbonyl (C=O) groups excluding carboxylic acids is 1. The second kappa shape index (κ2) is 10.4. The Kier molecular flexibility index (Phi) is 7.88. The molecular weight excluding hydrogens is 467 g/mol. The summed E-state index contributed by atoms with van der Waals surface area (Å²) in [5.74, 6) is 1.34. The first-order valence-electron chi connectivity index (χ1n) is 9.06. The number of benzene rings is 2. The van der Waals surface area contributed by atoms with Crippen LogP contribution in [0.4, 0.5) is 5.69 Å². The molecule has 3 aromatic rings. The monoisotopic (exact) mass is 484 g/mol. The Morgan fingerprint density at radius 3 is 2.50 bits per heavy atom. The molecule has 0 fully saturated rings. The molecule has 10 heteroatoms. The van der Waals surface area contributed by atoms with E-state index < -0.39 is 0 Å². The molecule has 0 aliphatic carbocycles. The summed E-state index contributed by atoms with van der Waals surface area (Å²) >= 11 is 19.3. The third-order valence-electron chi connectivity index (χ3n) is 4.12. The van der Waals surface area contributed by atoms with Crippen molar-refractivity contribution in [3.8, 4) is 5.75 Å². The van der Waals surface area contributed by atoms with E-state index in [0.29, 0.717) is 38.3 Å². The molecule has 0 bridgehead atoms. The van der Waals surface area contributed by atoms with E-state index in [0.717, 1.165) is 11.3 Å². The van der Waals surface area contributed by atoms with Crippen molar-refractivity contribution >= 4 is 58.2 Å². The van der Waals surface area contributed by atoms with E-state index in [-0.39, 0.29) is 18.3 Å². The number of carbonyl (C=O) groups is 1. The third-order valence-corrected chi connectivity index (χ3v) is 6.12. The molecule has 1 N–H and O–H groups in total. The lowest BCUT2D eigenvalue weighted by atomic mass is 10.2. The molecule has 0 atom stereocenters. The number of anilines is 1. The van der Waals surface area contributed by atoms with Crippen LogP contribution in [0.3, 0.4) is 0 Å². The van der Waals surface area contributed by atoms with Gasteiger partial charge in [-0.1, -0.05) is 64.3 Å². The highest BCUT2D eigenvalue weighted by Crippen LogP contribution is 2.32. The number of halogens is 3. The first-order chi connectivity index (χ1) is 14.4. The van der Waals surface area contributed by atoms with Crippen molar-refractivity contribution in [1.29, 1.82) is 0 Å². The molecule has 158 valence electrons. The van der Waals surface area contributed by atoms with Gasteiger partial charge in [-0.3, -0.25) is 4.79 Å². The molecule has 1 heterocycles. The fourth-order valence-corrected chi connectivity index (χ4v) is 3.98. The molecule has 1 aromatic heterocycles. The fraction of sp³-hybridized carbons (Fsp3) is 0.250. The normalized spacial score (nSPS) is 10.8. The maximum absolute atomic E-state index is 12.3. The van der Waals surface area contributed by atoms with Gasteiger partial charge >= 0.3 is 0 Å². The van der Waals surface area contributed by atoms with E-state index in [9.17, 15) is 4.79 Å². The van der Waals surface area contributed by atoms with E-state index in [1.165, 1.54) is 23.9 Å². The van der Waals surface area contributed by atoms with Gasteiger partial charge in [0.15, 0.2) is 11.0 Å². The van der Waals surface area contributed by atoms with Gasteiger partial charge in [0.05, 0.1) is 26.5 Å². The van der Waals surface area contributed by atoms with Gasteiger partial charge in [-0.25, -0.2) is 0 Å². The van der Waals surface area contributed by atoms with E-state index >= 15 is 0 Å². The number of amides is 1. The van der Waals surface area contributed by atoms with Crippen molar-refractivity contribution in [2.45, 2.75) is 32.2 Å². The summed E-state index contributed by atoms with van der Waals surface area (Å²) in [6, 6.07) is 10.8. The fourth-order valence-electron chi connectivity index (χ4n) is 2.57. The first kappa shape index (κ1) is 22.7. The number of nitrogens with zero attached hydrogens (tertiary/aromatic N) is 3. The molecule has 0 unspecified atom stereocenters. The smallest absolute Gasteiger partial charge is 0.234 e. The molecule has 30 heavy (non-hydrogen) atoms. The quantitative estimate of drug-likeness (QED) is 0.319. The van der Waals surface area contributed by atoms with E-state index in [4.69, 9.17) is 39.5 Å². The molecule has 6 nitrogen and oxygen atoms in total. The van der Waals surface area contributed by atoms with Crippen LogP contribution in [0.2, 0.25) is 15.1 Å². The summed E-state index contributed by atoms with van der Waals surface area (Å²) in [6.45, 7) is 4.95. The number of hydrogen-bond donors (Lipinski definition) is 1. The molecule has 0 aliphatic rings. The lowest BCUT2D eigenvalue weighted by Crippen LogP contribution is -2.15. The Morgan fingerprint density at radius 2 is 1.80 bits per heavy atom. The summed E-state index contributed by atoms with van der Waals surface area (Å²) in [6.07, 6.45) is 0. The number of rotatable bonds is 8. The molecule has 3 rings (SSSR count). The minimum atomic E-state index is -0.247. The summed E-state index contributed by atoms with van der Waals surface area (Å²) in [5.41, 5.74) is 1.57. The van der Waals surface area contributed by atoms with Crippen LogP contribution >= 0.6 is 46.6 Å². The molecule has 0 spiro atoms. The van der Waals surface area contributed by atoms with Crippen LogP contribution in [0, 0.1) is 6.92 Å². The van der Waals surface area contributed by atoms with Gasteiger partial charge in [0, 0.05) is 6.54 Å². The van der Waals surface area contributed by atoms with E-state index in [2.05, 4.69) is 15.5 Å².